The molecule has 0 saturated carbocycles. The van der Waals surface area contributed by atoms with E-state index in [1.54, 1.807) is 42.5 Å². The first-order valence-corrected chi connectivity index (χ1v) is 8.95. The van der Waals surface area contributed by atoms with Crippen molar-refractivity contribution in [3.05, 3.63) is 94.5 Å². The number of amides is 1. The van der Waals surface area contributed by atoms with E-state index in [1.807, 2.05) is 36.4 Å². The van der Waals surface area contributed by atoms with Crippen LogP contribution in [-0.4, -0.2) is 12.1 Å². The largest absolute Gasteiger partial charge is 0.514 e. The maximum Gasteiger partial charge on any atom is 0.514 e. The van der Waals surface area contributed by atoms with Crippen LogP contribution < -0.4 is 10.1 Å². The maximum absolute atomic E-state index is 12.4. The van der Waals surface area contributed by atoms with Crippen LogP contribution in [0, 0.1) is 0 Å². The molecule has 27 heavy (non-hydrogen) atoms. The molecule has 3 aromatic carbocycles. The lowest BCUT2D eigenvalue weighted by Crippen LogP contribution is -2.15. The molecule has 3 rings (SSSR count). The van der Waals surface area contributed by atoms with Gasteiger partial charge in [-0.3, -0.25) is 4.79 Å². The van der Waals surface area contributed by atoms with Crippen LogP contribution in [0.15, 0.2) is 83.3 Å². The Morgan fingerprint density at radius 1 is 0.889 bits per heavy atom. The number of hydrogen-bond donors (Lipinski definition) is 1. The number of ether oxygens (including phenoxy) is 2. The highest BCUT2D eigenvalue weighted by atomic mass is 79.9. The van der Waals surface area contributed by atoms with Gasteiger partial charge in [0.2, 0.25) is 0 Å². The molecule has 0 spiro atoms. The second kappa shape index (κ2) is 9.00. The minimum Gasteiger partial charge on any atom is -0.429 e. The fourth-order valence-electron chi connectivity index (χ4n) is 2.30. The van der Waals surface area contributed by atoms with Crippen LogP contribution in [0.3, 0.4) is 0 Å². The fraction of sp³-hybridized carbons (Fsp3) is 0.0476. The van der Waals surface area contributed by atoms with Gasteiger partial charge in [-0.15, -0.1) is 0 Å². The number of rotatable bonds is 5. The number of nitrogens with one attached hydrogen (secondary N) is 1. The molecule has 0 atom stereocenters. The van der Waals surface area contributed by atoms with E-state index in [0.29, 0.717) is 15.7 Å². The summed E-state index contributed by atoms with van der Waals surface area (Å²) < 4.78 is 11.1. The average Bonchev–Trinajstić information content (AvgIpc) is 2.70. The molecule has 0 fully saturated rings. The Morgan fingerprint density at radius 2 is 1.56 bits per heavy atom. The quantitative estimate of drug-likeness (QED) is 0.437. The summed E-state index contributed by atoms with van der Waals surface area (Å²) in [5, 5.41) is 2.74. The van der Waals surface area contributed by atoms with E-state index >= 15 is 0 Å². The van der Waals surface area contributed by atoms with Crippen LogP contribution in [0.2, 0.25) is 0 Å². The van der Waals surface area contributed by atoms with Gasteiger partial charge in [-0.25, -0.2) is 4.79 Å². The maximum atomic E-state index is 12.4. The van der Waals surface area contributed by atoms with Crippen LogP contribution in [-0.2, 0) is 11.3 Å². The summed E-state index contributed by atoms with van der Waals surface area (Å²) in [5.41, 5.74) is 1.71. The second-order valence-corrected chi connectivity index (χ2v) is 6.50. The normalized spacial score (nSPS) is 10.1. The summed E-state index contributed by atoms with van der Waals surface area (Å²) in [7, 11) is 0. The Balaban J connectivity index is 1.68. The van der Waals surface area contributed by atoms with Crippen molar-refractivity contribution in [3.8, 4) is 5.75 Å². The zero-order valence-electron chi connectivity index (χ0n) is 14.2. The van der Waals surface area contributed by atoms with Gasteiger partial charge in [0, 0.05) is 10.0 Å². The minimum atomic E-state index is -0.854. The topological polar surface area (TPSA) is 64.6 Å². The summed E-state index contributed by atoms with van der Waals surface area (Å²) >= 11 is 3.33. The van der Waals surface area contributed by atoms with Gasteiger partial charge in [0.05, 0.1) is 5.69 Å². The van der Waals surface area contributed by atoms with Crippen molar-refractivity contribution in [2.45, 2.75) is 6.61 Å². The molecule has 0 aliphatic carbocycles. The number of benzene rings is 3. The van der Waals surface area contributed by atoms with E-state index in [9.17, 15) is 9.59 Å². The van der Waals surface area contributed by atoms with Crippen molar-refractivity contribution in [2.75, 3.05) is 5.32 Å². The molecule has 0 aromatic heterocycles. The third-order valence-electron chi connectivity index (χ3n) is 3.62. The summed E-state index contributed by atoms with van der Waals surface area (Å²) in [6.45, 7) is 0.0966. The molecule has 1 N–H and O–H groups in total. The standard InChI is InChI=1S/C21H16BrNO4/c22-17-11-12-18(23-20(24)16-9-5-2-6-10-16)19(13-17)27-21(25)26-14-15-7-3-1-4-8-15/h1-13H,14H2,(H,23,24). The third kappa shape index (κ3) is 5.43. The summed E-state index contributed by atoms with van der Waals surface area (Å²) in [6, 6.07) is 23.0. The molecule has 1 amide bonds. The van der Waals surface area contributed by atoms with Gasteiger partial charge in [-0.1, -0.05) is 64.5 Å². The first-order valence-electron chi connectivity index (χ1n) is 8.16. The molecule has 0 heterocycles. The van der Waals surface area contributed by atoms with Crippen LogP contribution in [0.5, 0.6) is 5.75 Å². The van der Waals surface area contributed by atoms with Crippen LogP contribution in [0.4, 0.5) is 10.5 Å². The van der Waals surface area contributed by atoms with Crippen LogP contribution in [0.1, 0.15) is 15.9 Å². The van der Waals surface area contributed by atoms with Gasteiger partial charge >= 0.3 is 6.16 Å². The van der Waals surface area contributed by atoms with Gasteiger partial charge < -0.3 is 14.8 Å². The molecule has 5 nitrogen and oxygen atoms in total. The highest BCUT2D eigenvalue weighted by molar-refractivity contribution is 9.10. The van der Waals surface area contributed by atoms with Crippen molar-refractivity contribution in [2.24, 2.45) is 0 Å². The zero-order chi connectivity index (χ0) is 19.1. The lowest BCUT2D eigenvalue weighted by atomic mass is 10.2. The second-order valence-electron chi connectivity index (χ2n) is 5.59. The van der Waals surface area contributed by atoms with Crippen molar-refractivity contribution in [1.82, 2.24) is 0 Å². The highest BCUT2D eigenvalue weighted by Gasteiger charge is 2.14. The Labute approximate surface area is 165 Å². The molecule has 3 aromatic rings. The van der Waals surface area contributed by atoms with Gasteiger partial charge in [-0.2, -0.15) is 0 Å². The molecular formula is C21H16BrNO4. The molecule has 0 unspecified atom stereocenters. The van der Waals surface area contributed by atoms with E-state index in [-0.39, 0.29) is 18.3 Å². The molecule has 0 aliphatic heterocycles. The summed E-state index contributed by atoms with van der Waals surface area (Å²) in [5.74, 6) is -0.118. The first kappa shape index (κ1) is 18.7. The van der Waals surface area contributed by atoms with Gasteiger partial charge in [0.25, 0.3) is 5.91 Å². The Morgan fingerprint density at radius 3 is 2.26 bits per heavy atom. The SMILES string of the molecule is O=C(OCc1ccccc1)Oc1cc(Br)ccc1NC(=O)c1ccccc1. The van der Waals surface area contributed by atoms with Gasteiger partial charge in [0.1, 0.15) is 6.61 Å². The van der Waals surface area contributed by atoms with Crippen molar-refractivity contribution < 1.29 is 19.1 Å². The Hall–Kier alpha value is -3.12. The van der Waals surface area contributed by atoms with E-state index in [4.69, 9.17) is 9.47 Å². The zero-order valence-corrected chi connectivity index (χ0v) is 15.8. The predicted octanol–water partition coefficient (Wildman–Crippen LogP) is 5.42. The molecule has 0 saturated heterocycles. The average molecular weight is 426 g/mol. The monoisotopic (exact) mass is 425 g/mol. The van der Waals surface area contributed by atoms with Gasteiger partial charge in [-0.05, 0) is 35.9 Å². The first-order chi connectivity index (χ1) is 13.1. The van der Waals surface area contributed by atoms with E-state index in [1.165, 1.54) is 0 Å². The minimum absolute atomic E-state index is 0.0966. The molecule has 0 radical (unpaired) electrons. The van der Waals surface area contributed by atoms with Crippen molar-refractivity contribution in [1.29, 1.82) is 0 Å². The van der Waals surface area contributed by atoms with E-state index in [0.717, 1.165) is 5.56 Å². The van der Waals surface area contributed by atoms with E-state index < -0.39 is 6.16 Å². The number of carbonyl (C=O) groups is 2. The molecular weight excluding hydrogens is 410 g/mol. The van der Waals surface area contributed by atoms with Crippen molar-refractivity contribution in [3.63, 3.8) is 0 Å². The summed E-state index contributed by atoms with van der Waals surface area (Å²) in [6.07, 6.45) is -0.854. The van der Waals surface area contributed by atoms with Crippen LogP contribution >= 0.6 is 15.9 Å². The molecule has 0 bridgehead atoms. The lowest BCUT2D eigenvalue weighted by Gasteiger charge is -2.12. The highest BCUT2D eigenvalue weighted by Crippen LogP contribution is 2.29. The van der Waals surface area contributed by atoms with Crippen molar-refractivity contribution >= 4 is 33.7 Å². The smallest absolute Gasteiger partial charge is 0.429 e. The van der Waals surface area contributed by atoms with Crippen LogP contribution in [0.25, 0.3) is 0 Å². The van der Waals surface area contributed by atoms with Gasteiger partial charge in [0.15, 0.2) is 5.75 Å². The molecule has 136 valence electrons. The summed E-state index contributed by atoms with van der Waals surface area (Å²) in [4.78, 5) is 24.4. The number of hydrogen-bond acceptors (Lipinski definition) is 4. The number of carbonyl (C=O) groups excluding carboxylic acids is 2. The molecule has 6 heteroatoms. The predicted molar refractivity (Wildman–Crippen MR) is 106 cm³/mol. The third-order valence-corrected chi connectivity index (χ3v) is 4.11. The fourth-order valence-corrected chi connectivity index (χ4v) is 2.64. The number of anilines is 1. The molecule has 0 aliphatic rings. The lowest BCUT2D eigenvalue weighted by molar-refractivity contribution is 0.0924. The van der Waals surface area contributed by atoms with E-state index in [2.05, 4.69) is 21.2 Å². The Bertz CT molecular complexity index is 929. The number of halogens is 1. The Kier molecular flexibility index (Phi) is 6.22.